The van der Waals surface area contributed by atoms with Gasteiger partial charge in [0, 0.05) is 30.4 Å². The SMILES string of the molecule is Cc1nc(CCN2CCCNC3(CCCCC3)C2)cs1. The molecule has 1 aromatic heterocycles. The highest BCUT2D eigenvalue weighted by Gasteiger charge is 2.34. The first-order valence-corrected chi connectivity index (χ1v) is 9.02. The van der Waals surface area contributed by atoms with E-state index >= 15 is 0 Å². The number of rotatable bonds is 3. The van der Waals surface area contributed by atoms with Crippen LogP contribution in [-0.2, 0) is 6.42 Å². The van der Waals surface area contributed by atoms with Crippen molar-refractivity contribution in [1.29, 1.82) is 0 Å². The number of aromatic nitrogens is 1. The fraction of sp³-hybridized carbons (Fsp3) is 0.812. The second-order valence-corrected chi connectivity index (χ2v) is 7.57. The molecule has 1 saturated carbocycles. The van der Waals surface area contributed by atoms with E-state index in [2.05, 4.69) is 27.5 Å². The third kappa shape index (κ3) is 3.60. The van der Waals surface area contributed by atoms with Crippen molar-refractivity contribution in [2.24, 2.45) is 0 Å². The van der Waals surface area contributed by atoms with Crippen LogP contribution < -0.4 is 5.32 Å². The van der Waals surface area contributed by atoms with E-state index in [1.54, 1.807) is 11.3 Å². The van der Waals surface area contributed by atoms with Gasteiger partial charge in [0.05, 0.1) is 10.7 Å². The summed E-state index contributed by atoms with van der Waals surface area (Å²) in [6.07, 6.45) is 9.40. The number of aryl methyl sites for hydroxylation is 1. The van der Waals surface area contributed by atoms with E-state index in [-0.39, 0.29) is 0 Å². The Morgan fingerprint density at radius 3 is 2.90 bits per heavy atom. The number of nitrogens with zero attached hydrogens (tertiary/aromatic N) is 2. The summed E-state index contributed by atoms with van der Waals surface area (Å²) in [6, 6.07) is 0. The summed E-state index contributed by atoms with van der Waals surface area (Å²) in [5.41, 5.74) is 1.70. The van der Waals surface area contributed by atoms with Crippen molar-refractivity contribution in [2.45, 2.75) is 57.4 Å². The number of nitrogens with one attached hydrogen (secondary N) is 1. The van der Waals surface area contributed by atoms with Crippen LogP contribution in [0.4, 0.5) is 0 Å². The smallest absolute Gasteiger partial charge is 0.0897 e. The predicted molar refractivity (Wildman–Crippen MR) is 85.4 cm³/mol. The Bertz CT molecular complexity index is 423. The van der Waals surface area contributed by atoms with Crippen molar-refractivity contribution in [3.8, 4) is 0 Å². The lowest BCUT2D eigenvalue weighted by Crippen LogP contribution is -2.52. The molecule has 2 fully saturated rings. The van der Waals surface area contributed by atoms with Gasteiger partial charge in [-0.15, -0.1) is 11.3 Å². The molecule has 0 bridgehead atoms. The van der Waals surface area contributed by atoms with Gasteiger partial charge in [-0.05, 0) is 39.3 Å². The van der Waals surface area contributed by atoms with Crippen LogP contribution >= 0.6 is 11.3 Å². The fourth-order valence-electron chi connectivity index (χ4n) is 3.77. The molecule has 20 heavy (non-hydrogen) atoms. The van der Waals surface area contributed by atoms with E-state index in [4.69, 9.17) is 0 Å². The first-order valence-electron chi connectivity index (χ1n) is 8.14. The van der Waals surface area contributed by atoms with E-state index in [1.165, 1.54) is 75.4 Å². The van der Waals surface area contributed by atoms with Gasteiger partial charge in [0.1, 0.15) is 0 Å². The topological polar surface area (TPSA) is 28.2 Å². The molecular formula is C16H27N3S. The maximum atomic E-state index is 4.60. The van der Waals surface area contributed by atoms with Crippen molar-refractivity contribution >= 4 is 11.3 Å². The van der Waals surface area contributed by atoms with Crippen molar-refractivity contribution < 1.29 is 0 Å². The molecule has 0 amide bonds. The predicted octanol–water partition coefficient (Wildman–Crippen LogP) is 2.99. The van der Waals surface area contributed by atoms with Gasteiger partial charge in [0.25, 0.3) is 0 Å². The molecule has 1 saturated heterocycles. The Morgan fingerprint density at radius 1 is 1.30 bits per heavy atom. The molecule has 1 aromatic rings. The highest BCUT2D eigenvalue weighted by molar-refractivity contribution is 7.09. The summed E-state index contributed by atoms with van der Waals surface area (Å²) in [5.74, 6) is 0. The van der Waals surface area contributed by atoms with Crippen LogP contribution in [0.1, 0.15) is 49.2 Å². The van der Waals surface area contributed by atoms with Crippen LogP contribution in [0.15, 0.2) is 5.38 Å². The summed E-state index contributed by atoms with van der Waals surface area (Å²) in [7, 11) is 0. The average molecular weight is 293 g/mol. The van der Waals surface area contributed by atoms with Crippen LogP contribution in [0.2, 0.25) is 0 Å². The van der Waals surface area contributed by atoms with Crippen LogP contribution in [0, 0.1) is 6.92 Å². The number of hydrogen-bond donors (Lipinski definition) is 1. The maximum absolute atomic E-state index is 4.60. The molecule has 3 nitrogen and oxygen atoms in total. The Morgan fingerprint density at radius 2 is 2.15 bits per heavy atom. The van der Waals surface area contributed by atoms with Gasteiger partial charge in [0.15, 0.2) is 0 Å². The molecule has 1 N–H and O–H groups in total. The number of hydrogen-bond acceptors (Lipinski definition) is 4. The van der Waals surface area contributed by atoms with Crippen molar-refractivity contribution in [3.05, 3.63) is 16.1 Å². The molecule has 1 aliphatic heterocycles. The summed E-state index contributed by atoms with van der Waals surface area (Å²) in [6.45, 7) is 6.97. The lowest BCUT2D eigenvalue weighted by atomic mass is 9.81. The molecule has 0 unspecified atom stereocenters. The normalized spacial score (nSPS) is 23.9. The second-order valence-electron chi connectivity index (χ2n) is 6.51. The molecule has 0 aromatic carbocycles. The second kappa shape index (κ2) is 6.54. The Balaban J connectivity index is 1.57. The first kappa shape index (κ1) is 14.5. The molecular weight excluding hydrogens is 266 g/mol. The fourth-order valence-corrected chi connectivity index (χ4v) is 4.42. The maximum Gasteiger partial charge on any atom is 0.0897 e. The lowest BCUT2D eigenvalue weighted by Gasteiger charge is -2.40. The van der Waals surface area contributed by atoms with Gasteiger partial charge in [-0.1, -0.05) is 19.3 Å². The third-order valence-electron chi connectivity index (χ3n) is 4.84. The van der Waals surface area contributed by atoms with E-state index in [9.17, 15) is 0 Å². The van der Waals surface area contributed by atoms with Crippen molar-refractivity contribution in [1.82, 2.24) is 15.2 Å². The minimum absolute atomic E-state index is 0.423. The molecule has 0 radical (unpaired) electrons. The summed E-state index contributed by atoms with van der Waals surface area (Å²) in [5, 5.41) is 7.29. The monoisotopic (exact) mass is 293 g/mol. The Labute approximate surface area is 126 Å². The molecule has 1 aliphatic carbocycles. The molecule has 2 heterocycles. The van der Waals surface area contributed by atoms with Gasteiger partial charge < -0.3 is 10.2 Å². The molecule has 3 rings (SSSR count). The summed E-state index contributed by atoms with van der Waals surface area (Å²) < 4.78 is 0. The van der Waals surface area contributed by atoms with E-state index < -0.39 is 0 Å². The van der Waals surface area contributed by atoms with Crippen LogP contribution in [0.25, 0.3) is 0 Å². The standard InChI is InChI=1S/C16H27N3S/c1-14-18-15(12-20-14)6-11-19-10-5-9-17-16(13-19)7-3-2-4-8-16/h12,17H,2-11,13H2,1H3. The quantitative estimate of drug-likeness (QED) is 0.928. The minimum atomic E-state index is 0.423. The van der Waals surface area contributed by atoms with Crippen LogP contribution in [0.5, 0.6) is 0 Å². The van der Waals surface area contributed by atoms with E-state index in [0.717, 1.165) is 6.42 Å². The van der Waals surface area contributed by atoms with Crippen molar-refractivity contribution in [3.63, 3.8) is 0 Å². The van der Waals surface area contributed by atoms with Crippen LogP contribution in [-0.4, -0.2) is 41.6 Å². The zero-order valence-corrected chi connectivity index (χ0v) is 13.5. The highest BCUT2D eigenvalue weighted by atomic mass is 32.1. The molecule has 2 aliphatic rings. The van der Waals surface area contributed by atoms with E-state index in [0.29, 0.717) is 5.54 Å². The number of thiazole rings is 1. The summed E-state index contributed by atoms with van der Waals surface area (Å²) in [4.78, 5) is 7.28. The average Bonchev–Trinajstić information content (AvgIpc) is 2.77. The zero-order chi connectivity index (χ0) is 13.8. The molecule has 0 atom stereocenters. The zero-order valence-electron chi connectivity index (χ0n) is 12.7. The van der Waals surface area contributed by atoms with Gasteiger partial charge >= 0.3 is 0 Å². The molecule has 1 spiro atoms. The van der Waals surface area contributed by atoms with Gasteiger partial charge in [0.2, 0.25) is 0 Å². The van der Waals surface area contributed by atoms with Gasteiger partial charge in [-0.2, -0.15) is 0 Å². The minimum Gasteiger partial charge on any atom is -0.310 e. The first-order chi connectivity index (χ1) is 9.76. The van der Waals surface area contributed by atoms with Crippen molar-refractivity contribution in [2.75, 3.05) is 26.2 Å². The summed E-state index contributed by atoms with van der Waals surface area (Å²) >= 11 is 1.77. The molecule has 4 heteroatoms. The Hall–Kier alpha value is -0.450. The Kier molecular flexibility index (Phi) is 4.74. The lowest BCUT2D eigenvalue weighted by molar-refractivity contribution is 0.165. The third-order valence-corrected chi connectivity index (χ3v) is 5.66. The largest absolute Gasteiger partial charge is 0.310 e. The van der Waals surface area contributed by atoms with Gasteiger partial charge in [-0.3, -0.25) is 0 Å². The van der Waals surface area contributed by atoms with Gasteiger partial charge in [-0.25, -0.2) is 4.98 Å². The molecule has 112 valence electrons. The highest BCUT2D eigenvalue weighted by Crippen LogP contribution is 2.30. The van der Waals surface area contributed by atoms with Crippen LogP contribution in [0.3, 0.4) is 0 Å². The van der Waals surface area contributed by atoms with E-state index in [1.807, 2.05) is 0 Å².